The molecule has 2 atom stereocenters. The van der Waals surface area contributed by atoms with Gasteiger partial charge in [-0.05, 0) is 39.2 Å². The Balaban J connectivity index is 2.75. The Morgan fingerprint density at radius 3 is 2.67 bits per heavy atom. The molecule has 3 nitrogen and oxygen atoms in total. The van der Waals surface area contributed by atoms with Gasteiger partial charge in [0, 0.05) is 6.04 Å². The van der Waals surface area contributed by atoms with Crippen molar-refractivity contribution in [2.24, 2.45) is 0 Å². The molecule has 3 heteroatoms. The van der Waals surface area contributed by atoms with Gasteiger partial charge < -0.3 is 4.74 Å². The van der Waals surface area contributed by atoms with Gasteiger partial charge in [0.25, 0.3) is 0 Å². The highest BCUT2D eigenvalue weighted by molar-refractivity contribution is 5.75. The van der Waals surface area contributed by atoms with Crippen LogP contribution in [0.5, 0.6) is 0 Å². The SMILES string of the molecule is CCCC(C(=O)OCC)N1CCCCCC1CC. The second kappa shape index (κ2) is 8.52. The number of ether oxygens (including phenoxy) is 1. The molecule has 1 aliphatic heterocycles. The van der Waals surface area contributed by atoms with Crippen LogP contribution in [0, 0.1) is 0 Å². The van der Waals surface area contributed by atoms with E-state index in [1.54, 1.807) is 0 Å². The van der Waals surface area contributed by atoms with Crippen LogP contribution in [0.15, 0.2) is 0 Å². The lowest BCUT2D eigenvalue weighted by molar-refractivity contribution is -0.151. The molecule has 0 radical (unpaired) electrons. The Labute approximate surface area is 112 Å². The molecule has 18 heavy (non-hydrogen) atoms. The van der Waals surface area contributed by atoms with E-state index in [4.69, 9.17) is 4.74 Å². The first-order valence-corrected chi connectivity index (χ1v) is 7.66. The normalized spacial score (nSPS) is 23.4. The van der Waals surface area contributed by atoms with Crippen LogP contribution in [0.1, 0.15) is 65.7 Å². The molecule has 1 saturated heterocycles. The monoisotopic (exact) mass is 255 g/mol. The van der Waals surface area contributed by atoms with Gasteiger partial charge in [0.05, 0.1) is 6.61 Å². The minimum Gasteiger partial charge on any atom is -0.465 e. The van der Waals surface area contributed by atoms with Crippen LogP contribution in [0.4, 0.5) is 0 Å². The highest BCUT2D eigenvalue weighted by atomic mass is 16.5. The predicted molar refractivity (Wildman–Crippen MR) is 74.6 cm³/mol. The van der Waals surface area contributed by atoms with Gasteiger partial charge in [-0.2, -0.15) is 0 Å². The van der Waals surface area contributed by atoms with Crippen molar-refractivity contribution in [1.29, 1.82) is 0 Å². The fourth-order valence-electron chi connectivity index (χ4n) is 2.98. The summed E-state index contributed by atoms with van der Waals surface area (Å²) < 4.78 is 5.26. The molecule has 1 heterocycles. The third-order valence-corrected chi connectivity index (χ3v) is 3.92. The van der Waals surface area contributed by atoms with Crippen molar-refractivity contribution in [3.05, 3.63) is 0 Å². The summed E-state index contributed by atoms with van der Waals surface area (Å²) in [5, 5.41) is 0. The summed E-state index contributed by atoms with van der Waals surface area (Å²) in [5.74, 6) is -0.0142. The number of hydrogen-bond acceptors (Lipinski definition) is 3. The summed E-state index contributed by atoms with van der Waals surface area (Å²) in [7, 11) is 0. The Morgan fingerprint density at radius 1 is 1.28 bits per heavy atom. The Hall–Kier alpha value is -0.570. The molecule has 0 aromatic rings. The van der Waals surface area contributed by atoms with Gasteiger partial charge in [-0.1, -0.05) is 33.1 Å². The van der Waals surface area contributed by atoms with Gasteiger partial charge in [0.1, 0.15) is 6.04 Å². The van der Waals surface area contributed by atoms with Crippen molar-refractivity contribution in [1.82, 2.24) is 4.90 Å². The molecule has 1 fully saturated rings. The molecule has 1 rings (SSSR count). The average molecular weight is 255 g/mol. The summed E-state index contributed by atoms with van der Waals surface area (Å²) in [6, 6.07) is 0.548. The first kappa shape index (κ1) is 15.5. The maximum Gasteiger partial charge on any atom is 0.323 e. The number of carbonyl (C=O) groups is 1. The molecular formula is C15H29NO2. The van der Waals surface area contributed by atoms with Crippen LogP contribution in [0.2, 0.25) is 0 Å². The van der Waals surface area contributed by atoms with E-state index in [0.717, 1.165) is 25.8 Å². The maximum atomic E-state index is 12.1. The van der Waals surface area contributed by atoms with Crippen molar-refractivity contribution in [2.45, 2.75) is 77.8 Å². The summed E-state index contributed by atoms with van der Waals surface area (Å²) in [6.07, 6.45) is 8.16. The van der Waals surface area contributed by atoms with Crippen LogP contribution in [0.25, 0.3) is 0 Å². The van der Waals surface area contributed by atoms with Gasteiger partial charge in [0.15, 0.2) is 0 Å². The van der Waals surface area contributed by atoms with Crippen molar-refractivity contribution >= 4 is 5.97 Å². The molecule has 2 unspecified atom stereocenters. The molecule has 0 N–H and O–H groups in total. The van der Waals surface area contributed by atoms with Crippen LogP contribution in [0.3, 0.4) is 0 Å². The highest BCUT2D eigenvalue weighted by Gasteiger charge is 2.31. The van der Waals surface area contributed by atoms with Crippen LogP contribution >= 0.6 is 0 Å². The Bertz CT molecular complexity index is 243. The van der Waals surface area contributed by atoms with Gasteiger partial charge in [0.2, 0.25) is 0 Å². The lowest BCUT2D eigenvalue weighted by Crippen LogP contribution is -2.47. The van der Waals surface area contributed by atoms with E-state index in [-0.39, 0.29) is 12.0 Å². The second-order valence-corrected chi connectivity index (χ2v) is 5.21. The lowest BCUT2D eigenvalue weighted by atomic mass is 10.0. The van der Waals surface area contributed by atoms with Crippen molar-refractivity contribution in [2.75, 3.05) is 13.2 Å². The predicted octanol–water partition coefficient (Wildman–Crippen LogP) is 3.37. The van der Waals surface area contributed by atoms with E-state index in [9.17, 15) is 4.79 Å². The molecule has 0 aromatic heterocycles. The van der Waals surface area contributed by atoms with E-state index < -0.39 is 0 Å². The lowest BCUT2D eigenvalue weighted by Gasteiger charge is -2.35. The zero-order valence-electron chi connectivity index (χ0n) is 12.3. The van der Waals surface area contributed by atoms with E-state index in [1.165, 1.54) is 25.7 Å². The minimum atomic E-state index is -0.0157. The number of carbonyl (C=O) groups excluding carboxylic acids is 1. The Kier molecular flexibility index (Phi) is 7.33. The third kappa shape index (κ3) is 4.27. The Morgan fingerprint density at radius 2 is 2.06 bits per heavy atom. The summed E-state index contributed by atoms with van der Waals surface area (Å²) in [4.78, 5) is 14.6. The minimum absolute atomic E-state index is 0.0142. The number of nitrogens with zero attached hydrogens (tertiary/aromatic N) is 1. The van der Waals surface area contributed by atoms with Gasteiger partial charge in [-0.15, -0.1) is 0 Å². The van der Waals surface area contributed by atoms with Crippen molar-refractivity contribution in [3.8, 4) is 0 Å². The fraction of sp³-hybridized carbons (Fsp3) is 0.933. The van der Waals surface area contributed by atoms with Crippen LogP contribution in [-0.2, 0) is 9.53 Å². The zero-order valence-corrected chi connectivity index (χ0v) is 12.3. The second-order valence-electron chi connectivity index (χ2n) is 5.21. The molecule has 0 aromatic carbocycles. The smallest absolute Gasteiger partial charge is 0.323 e. The maximum absolute atomic E-state index is 12.1. The summed E-state index contributed by atoms with van der Waals surface area (Å²) in [5.41, 5.74) is 0. The number of rotatable bonds is 6. The zero-order chi connectivity index (χ0) is 13.4. The van der Waals surface area contributed by atoms with Crippen molar-refractivity contribution < 1.29 is 9.53 Å². The fourth-order valence-corrected chi connectivity index (χ4v) is 2.98. The van der Waals surface area contributed by atoms with Crippen LogP contribution < -0.4 is 0 Å². The summed E-state index contributed by atoms with van der Waals surface area (Å²) in [6.45, 7) is 7.81. The van der Waals surface area contributed by atoms with Gasteiger partial charge in [-0.3, -0.25) is 9.69 Å². The number of esters is 1. The average Bonchev–Trinajstić information content (AvgIpc) is 2.61. The first-order valence-electron chi connectivity index (χ1n) is 7.66. The molecule has 0 amide bonds. The van der Waals surface area contributed by atoms with Crippen molar-refractivity contribution in [3.63, 3.8) is 0 Å². The third-order valence-electron chi connectivity index (χ3n) is 3.92. The number of likely N-dealkylation sites (tertiary alicyclic amines) is 1. The molecule has 0 spiro atoms. The molecule has 0 bridgehead atoms. The topological polar surface area (TPSA) is 29.5 Å². The number of hydrogen-bond donors (Lipinski definition) is 0. The molecule has 1 aliphatic rings. The molecule has 106 valence electrons. The molecule has 0 aliphatic carbocycles. The van der Waals surface area contributed by atoms with Gasteiger partial charge >= 0.3 is 5.97 Å². The first-order chi connectivity index (χ1) is 8.74. The van der Waals surface area contributed by atoms with Gasteiger partial charge in [-0.25, -0.2) is 0 Å². The molecule has 0 saturated carbocycles. The quantitative estimate of drug-likeness (QED) is 0.681. The van der Waals surface area contributed by atoms with Crippen LogP contribution in [-0.4, -0.2) is 36.1 Å². The largest absolute Gasteiger partial charge is 0.465 e. The summed E-state index contributed by atoms with van der Waals surface area (Å²) >= 11 is 0. The highest BCUT2D eigenvalue weighted by Crippen LogP contribution is 2.24. The van der Waals surface area contributed by atoms with E-state index in [2.05, 4.69) is 18.7 Å². The molecular weight excluding hydrogens is 226 g/mol. The van der Waals surface area contributed by atoms with E-state index in [1.807, 2.05) is 6.92 Å². The van der Waals surface area contributed by atoms with E-state index in [0.29, 0.717) is 12.6 Å². The standard InChI is InChI=1S/C15H29NO2/c1-4-10-14(15(17)18-6-3)16-12-9-7-8-11-13(16)5-2/h13-14H,4-12H2,1-3H3. The van der Waals surface area contributed by atoms with E-state index >= 15 is 0 Å².